The van der Waals surface area contributed by atoms with Gasteiger partial charge in [0.05, 0.1) is 11.6 Å². The summed E-state index contributed by atoms with van der Waals surface area (Å²) in [5.74, 6) is -0.448. The van der Waals surface area contributed by atoms with Gasteiger partial charge in [-0.05, 0) is 49.7 Å². The van der Waals surface area contributed by atoms with Crippen LogP contribution in [0.3, 0.4) is 0 Å². The van der Waals surface area contributed by atoms with Crippen LogP contribution in [0, 0.1) is 5.82 Å². The number of thiocarbonyl (C=S) groups is 1. The van der Waals surface area contributed by atoms with Crippen molar-refractivity contribution >= 4 is 23.2 Å². The fourth-order valence-corrected chi connectivity index (χ4v) is 3.27. The van der Waals surface area contributed by atoms with Crippen LogP contribution in [0.4, 0.5) is 4.39 Å². The maximum Gasteiger partial charge on any atom is 0.251 e. The first-order valence-electron chi connectivity index (χ1n) is 7.31. The lowest BCUT2D eigenvalue weighted by atomic mass is 9.94. The molecule has 1 heterocycles. The third-order valence-electron chi connectivity index (χ3n) is 4.11. The second kappa shape index (κ2) is 5.68. The lowest BCUT2D eigenvalue weighted by Gasteiger charge is -2.38. The van der Waals surface area contributed by atoms with E-state index in [9.17, 15) is 9.18 Å². The fraction of sp³-hybridized carbons (Fsp3) is 0.375. The van der Waals surface area contributed by atoms with E-state index in [1.807, 2.05) is 11.8 Å². The van der Waals surface area contributed by atoms with Crippen LogP contribution in [0.2, 0.25) is 0 Å². The Morgan fingerprint density at radius 3 is 2.55 bits per heavy atom. The molecule has 2 N–H and O–H groups in total. The third kappa shape index (κ3) is 2.59. The van der Waals surface area contributed by atoms with E-state index in [1.165, 1.54) is 12.1 Å². The van der Waals surface area contributed by atoms with E-state index in [1.54, 1.807) is 19.2 Å². The number of nitrogens with one attached hydrogen (secondary N) is 2. The number of likely N-dealkylation sites (N-methyl/N-ethyl adjacent to an activating group) is 1. The maximum absolute atomic E-state index is 13.2. The van der Waals surface area contributed by atoms with Crippen molar-refractivity contribution in [2.24, 2.45) is 0 Å². The Labute approximate surface area is 134 Å². The van der Waals surface area contributed by atoms with Gasteiger partial charge in [0.2, 0.25) is 0 Å². The van der Waals surface area contributed by atoms with Crippen molar-refractivity contribution in [3.63, 3.8) is 0 Å². The summed E-state index contributed by atoms with van der Waals surface area (Å²) < 4.78 is 13.2. The molecular weight excluding hydrogens is 301 g/mol. The van der Waals surface area contributed by atoms with Crippen LogP contribution < -0.4 is 10.6 Å². The van der Waals surface area contributed by atoms with Crippen LogP contribution in [0.25, 0.3) is 0 Å². The van der Waals surface area contributed by atoms with Gasteiger partial charge in [0, 0.05) is 18.8 Å². The van der Waals surface area contributed by atoms with Gasteiger partial charge in [-0.15, -0.1) is 0 Å². The lowest BCUT2D eigenvalue weighted by Crippen LogP contribution is -2.49. The zero-order valence-electron chi connectivity index (χ0n) is 12.5. The van der Waals surface area contributed by atoms with Crippen LogP contribution in [-0.2, 0) is 4.79 Å². The van der Waals surface area contributed by atoms with Crippen LogP contribution in [0.1, 0.15) is 31.4 Å². The topological polar surface area (TPSA) is 44.4 Å². The van der Waals surface area contributed by atoms with Gasteiger partial charge in [0.1, 0.15) is 5.82 Å². The second-order valence-corrected chi connectivity index (χ2v) is 6.00. The summed E-state index contributed by atoms with van der Waals surface area (Å²) in [6.45, 7) is 1.92. The Kier molecular flexibility index (Phi) is 3.87. The van der Waals surface area contributed by atoms with E-state index >= 15 is 0 Å². The Hall–Kier alpha value is -1.95. The highest BCUT2D eigenvalue weighted by Gasteiger charge is 2.40. The van der Waals surface area contributed by atoms with Crippen LogP contribution in [-0.4, -0.2) is 29.0 Å². The summed E-state index contributed by atoms with van der Waals surface area (Å²) in [6.07, 6.45) is 2.17. The molecule has 0 aromatic heterocycles. The van der Waals surface area contributed by atoms with Crippen molar-refractivity contribution in [2.75, 3.05) is 7.05 Å². The molecule has 22 heavy (non-hydrogen) atoms. The summed E-state index contributed by atoms with van der Waals surface area (Å²) in [6, 6.07) is 6.17. The number of nitrogens with zero attached hydrogens (tertiary/aromatic N) is 1. The Balaban J connectivity index is 2.06. The van der Waals surface area contributed by atoms with E-state index in [0.29, 0.717) is 16.7 Å². The normalized spacial score (nSPS) is 21.7. The van der Waals surface area contributed by atoms with Crippen molar-refractivity contribution < 1.29 is 9.18 Å². The number of benzene rings is 1. The molecule has 1 amide bonds. The van der Waals surface area contributed by atoms with Crippen molar-refractivity contribution in [3.8, 4) is 0 Å². The zero-order chi connectivity index (χ0) is 15.9. The maximum atomic E-state index is 13.2. The van der Waals surface area contributed by atoms with Gasteiger partial charge in [-0.2, -0.15) is 0 Å². The number of hydrogen-bond donors (Lipinski definition) is 2. The first-order valence-corrected chi connectivity index (χ1v) is 7.71. The minimum Gasteiger partial charge on any atom is -0.355 e. The van der Waals surface area contributed by atoms with Gasteiger partial charge in [-0.1, -0.05) is 12.1 Å². The fourth-order valence-electron chi connectivity index (χ4n) is 2.86. The molecule has 0 spiro atoms. The van der Waals surface area contributed by atoms with E-state index in [-0.39, 0.29) is 17.8 Å². The predicted molar refractivity (Wildman–Crippen MR) is 86.5 cm³/mol. The van der Waals surface area contributed by atoms with Gasteiger partial charge >= 0.3 is 0 Å². The summed E-state index contributed by atoms with van der Waals surface area (Å²) >= 11 is 5.47. The molecule has 2 aliphatic rings. The molecule has 4 nitrogen and oxygen atoms in total. The number of amides is 1. The monoisotopic (exact) mass is 319 g/mol. The SMILES string of the molecule is CNC(=O)C1=C(C)N(C2CC2)C(=S)N[C@H]1c1ccc(F)cc1. The standard InChI is InChI=1S/C16H18FN3OS/c1-9-13(15(21)18-2)14(10-3-5-11(17)6-4-10)19-16(22)20(9)12-7-8-12/h3-6,12,14H,7-8H2,1-2H3,(H,18,21)(H,19,22)/t14-/m0/s1. The van der Waals surface area contributed by atoms with E-state index in [4.69, 9.17) is 12.2 Å². The Morgan fingerprint density at radius 2 is 2.00 bits per heavy atom. The first kappa shape index (κ1) is 15.0. The molecule has 0 unspecified atom stereocenters. The highest BCUT2D eigenvalue weighted by molar-refractivity contribution is 7.80. The number of carbonyl (C=O) groups is 1. The molecule has 1 atom stereocenters. The molecule has 3 rings (SSSR count). The molecule has 1 aromatic rings. The molecule has 1 aliphatic carbocycles. The molecule has 1 aromatic carbocycles. The molecule has 0 saturated heterocycles. The van der Waals surface area contributed by atoms with Gasteiger partial charge in [0.15, 0.2) is 5.11 Å². The minimum atomic E-state index is -0.358. The Bertz CT molecular complexity index is 652. The van der Waals surface area contributed by atoms with Crippen LogP contribution in [0.5, 0.6) is 0 Å². The Morgan fingerprint density at radius 1 is 1.36 bits per heavy atom. The molecule has 0 radical (unpaired) electrons. The van der Waals surface area contributed by atoms with Gasteiger partial charge in [-0.3, -0.25) is 4.79 Å². The lowest BCUT2D eigenvalue weighted by molar-refractivity contribution is -0.117. The number of rotatable bonds is 3. The molecule has 6 heteroatoms. The van der Waals surface area contributed by atoms with Crippen molar-refractivity contribution in [3.05, 3.63) is 46.9 Å². The zero-order valence-corrected chi connectivity index (χ0v) is 13.3. The average Bonchev–Trinajstić information content (AvgIpc) is 3.31. The third-order valence-corrected chi connectivity index (χ3v) is 4.43. The molecule has 1 saturated carbocycles. The smallest absolute Gasteiger partial charge is 0.251 e. The van der Waals surface area contributed by atoms with Gasteiger partial charge in [-0.25, -0.2) is 4.39 Å². The first-order chi connectivity index (χ1) is 10.5. The predicted octanol–water partition coefficient (Wildman–Crippen LogP) is 2.24. The van der Waals surface area contributed by atoms with Crippen molar-refractivity contribution in [2.45, 2.75) is 31.8 Å². The molecule has 1 fully saturated rings. The number of allylic oxidation sites excluding steroid dienone is 1. The van der Waals surface area contributed by atoms with E-state index in [2.05, 4.69) is 10.6 Å². The van der Waals surface area contributed by atoms with E-state index < -0.39 is 0 Å². The largest absolute Gasteiger partial charge is 0.355 e. The number of halogens is 1. The second-order valence-electron chi connectivity index (χ2n) is 5.61. The molecule has 116 valence electrons. The average molecular weight is 319 g/mol. The summed E-state index contributed by atoms with van der Waals surface area (Å²) in [7, 11) is 1.61. The minimum absolute atomic E-state index is 0.146. The summed E-state index contributed by atoms with van der Waals surface area (Å²) in [4.78, 5) is 14.4. The highest BCUT2D eigenvalue weighted by Crippen LogP contribution is 2.37. The molecular formula is C16H18FN3OS. The highest BCUT2D eigenvalue weighted by atomic mass is 32.1. The van der Waals surface area contributed by atoms with Crippen LogP contribution in [0.15, 0.2) is 35.5 Å². The quantitative estimate of drug-likeness (QED) is 0.839. The van der Waals surface area contributed by atoms with Crippen LogP contribution >= 0.6 is 12.2 Å². The van der Waals surface area contributed by atoms with Gasteiger partial charge < -0.3 is 15.5 Å². The molecule has 1 aliphatic heterocycles. The summed E-state index contributed by atoms with van der Waals surface area (Å²) in [5, 5.41) is 6.55. The van der Waals surface area contributed by atoms with E-state index in [0.717, 1.165) is 24.1 Å². The van der Waals surface area contributed by atoms with Crippen molar-refractivity contribution in [1.82, 2.24) is 15.5 Å². The summed E-state index contributed by atoms with van der Waals surface area (Å²) in [5.41, 5.74) is 2.33. The van der Waals surface area contributed by atoms with Gasteiger partial charge in [0.25, 0.3) is 5.91 Å². The van der Waals surface area contributed by atoms with Crippen molar-refractivity contribution in [1.29, 1.82) is 0 Å². The molecule has 0 bridgehead atoms. The number of carbonyl (C=O) groups excluding carboxylic acids is 1. The number of hydrogen-bond acceptors (Lipinski definition) is 2.